The third kappa shape index (κ3) is 5.06. The number of nitrogens with zero attached hydrogens (tertiary/aromatic N) is 5. The van der Waals surface area contributed by atoms with Gasteiger partial charge in [-0.3, -0.25) is 4.57 Å². The van der Waals surface area contributed by atoms with Crippen molar-refractivity contribution in [2.45, 2.75) is 0 Å². The number of fused-ring (bicyclic) bond motifs is 7. The first-order chi connectivity index (χ1) is 27.2. The summed E-state index contributed by atoms with van der Waals surface area (Å²) in [5, 5.41) is 4.69. The number of benzene rings is 7. The van der Waals surface area contributed by atoms with Crippen molar-refractivity contribution >= 4 is 66.4 Å². The molecule has 0 bridgehead atoms. The third-order valence-electron chi connectivity index (χ3n) is 11.0. The molecule has 3 aromatic heterocycles. The normalized spacial score (nSPS) is 12.7. The fraction of sp³-hybridized carbons (Fsp3) is 0.0408. The highest BCUT2D eigenvalue weighted by atomic mass is 16.5. The highest BCUT2D eigenvalue weighted by molar-refractivity contribution is 6.11. The van der Waals surface area contributed by atoms with Gasteiger partial charge in [0, 0.05) is 69.9 Å². The summed E-state index contributed by atoms with van der Waals surface area (Å²) in [6.07, 6.45) is 2.01. The fourth-order valence-electron chi connectivity index (χ4n) is 8.40. The van der Waals surface area contributed by atoms with E-state index in [1.807, 2.05) is 12.3 Å². The SMILES string of the molecule is Cn1c2ccccc2c2cnc(-n3c4ccccc4c4ccc(Oc5cccc(N6CN(c7ccccc7)c7ccc(-c8ccccc8)cc76)c5)cc43)cc21. The van der Waals surface area contributed by atoms with E-state index in [0.717, 1.165) is 61.7 Å². The second-order valence-corrected chi connectivity index (χ2v) is 14.2. The highest BCUT2D eigenvalue weighted by Crippen LogP contribution is 2.47. The van der Waals surface area contributed by atoms with Crippen molar-refractivity contribution in [3.05, 3.63) is 182 Å². The number of hydrogen-bond acceptors (Lipinski definition) is 4. The van der Waals surface area contributed by atoms with Crippen molar-refractivity contribution in [1.82, 2.24) is 14.1 Å². The van der Waals surface area contributed by atoms with Crippen LogP contribution in [0.5, 0.6) is 11.5 Å². The number of ether oxygens (including phenoxy) is 1. The third-order valence-corrected chi connectivity index (χ3v) is 11.0. The Balaban J connectivity index is 0.985. The lowest BCUT2D eigenvalue weighted by Gasteiger charge is -2.22. The molecule has 0 radical (unpaired) electrons. The first-order valence-corrected chi connectivity index (χ1v) is 18.6. The predicted molar refractivity (Wildman–Crippen MR) is 227 cm³/mol. The molecule has 0 unspecified atom stereocenters. The van der Waals surface area contributed by atoms with E-state index in [1.165, 1.54) is 33.1 Å². The summed E-state index contributed by atoms with van der Waals surface area (Å²) < 4.78 is 11.2. The second kappa shape index (κ2) is 12.4. The lowest BCUT2D eigenvalue weighted by molar-refractivity contribution is 0.483. The van der Waals surface area contributed by atoms with Crippen LogP contribution >= 0.6 is 0 Å². The van der Waals surface area contributed by atoms with Crippen LogP contribution in [0.3, 0.4) is 0 Å². The average Bonchev–Trinajstić information content (AvgIpc) is 3.89. The van der Waals surface area contributed by atoms with Crippen molar-refractivity contribution in [2.75, 3.05) is 16.5 Å². The van der Waals surface area contributed by atoms with Gasteiger partial charge in [-0.1, -0.05) is 97.1 Å². The van der Waals surface area contributed by atoms with Gasteiger partial charge in [-0.15, -0.1) is 0 Å². The van der Waals surface area contributed by atoms with E-state index in [4.69, 9.17) is 9.72 Å². The molecule has 10 aromatic rings. The van der Waals surface area contributed by atoms with Gasteiger partial charge in [-0.25, -0.2) is 4.98 Å². The molecule has 55 heavy (non-hydrogen) atoms. The molecule has 6 heteroatoms. The maximum Gasteiger partial charge on any atom is 0.139 e. The van der Waals surface area contributed by atoms with Gasteiger partial charge in [0.25, 0.3) is 0 Å². The molecule has 6 nitrogen and oxygen atoms in total. The topological polar surface area (TPSA) is 38.5 Å². The van der Waals surface area contributed by atoms with E-state index in [2.05, 4.69) is 196 Å². The first kappa shape index (κ1) is 31.2. The molecule has 0 amide bonds. The molecule has 0 saturated carbocycles. The maximum atomic E-state index is 6.72. The van der Waals surface area contributed by atoms with Gasteiger partial charge in [-0.2, -0.15) is 0 Å². The smallest absolute Gasteiger partial charge is 0.139 e. The Bertz CT molecular complexity index is 3070. The quantitative estimate of drug-likeness (QED) is 0.172. The summed E-state index contributed by atoms with van der Waals surface area (Å²) in [5.74, 6) is 2.40. The molecule has 0 fully saturated rings. The van der Waals surface area contributed by atoms with Crippen LogP contribution in [0.15, 0.2) is 182 Å². The standard InChI is InChI=1S/C49H35N5O/c1-51-43-21-10-8-20-40(43)42-31-50-49(30-46(42)51)54-44-22-11-9-19-39(44)41-25-24-38(29-47(41)54)55-37-18-12-17-36(28-37)53-32-52(35-15-6-3-7-16-35)45-26-23-34(27-48(45)53)33-13-4-2-5-14-33/h2-31H,32H2,1H3. The monoisotopic (exact) mass is 709 g/mol. The van der Waals surface area contributed by atoms with Gasteiger partial charge in [0.2, 0.25) is 0 Å². The Hall–Kier alpha value is -7.31. The number of hydrogen-bond donors (Lipinski definition) is 0. The van der Waals surface area contributed by atoms with E-state index in [9.17, 15) is 0 Å². The zero-order chi connectivity index (χ0) is 36.5. The highest BCUT2D eigenvalue weighted by Gasteiger charge is 2.29. The number of aryl methyl sites for hydroxylation is 1. The molecule has 11 rings (SSSR count). The molecule has 1 aliphatic rings. The first-order valence-electron chi connectivity index (χ1n) is 18.6. The van der Waals surface area contributed by atoms with Crippen molar-refractivity contribution in [1.29, 1.82) is 0 Å². The fourth-order valence-corrected chi connectivity index (χ4v) is 8.40. The summed E-state index contributed by atoms with van der Waals surface area (Å²) in [6, 6.07) is 62.0. The summed E-state index contributed by atoms with van der Waals surface area (Å²) in [4.78, 5) is 9.80. The van der Waals surface area contributed by atoms with Crippen LogP contribution in [0.4, 0.5) is 22.7 Å². The van der Waals surface area contributed by atoms with Gasteiger partial charge in [-0.05, 0) is 71.8 Å². The molecule has 0 aliphatic carbocycles. The summed E-state index contributed by atoms with van der Waals surface area (Å²) in [5.41, 5.74) is 11.4. The molecule has 0 N–H and O–H groups in total. The maximum absolute atomic E-state index is 6.72. The van der Waals surface area contributed by atoms with E-state index < -0.39 is 0 Å². The van der Waals surface area contributed by atoms with Gasteiger partial charge in [0.15, 0.2) is 0 Å². The molecule has 4 heterocycles. The second-order valence-electron chi connectivity index (χ2n) is 14.2. The number of pyridine rings is 1. The van der Waals surface area contributed by atoms with Crippen LogP contribution in [0.2, 0.25) is 0 Å². The average molecular weight is 710 g/mol. The van der Waals surface area contributed by atoms with Crippen LogP contribution in [0.25, 0.3) is 60.6 Å². The predicted octanol–water partition coefficient (Wildman–Crippen LogP) is 12.5. The minimum absolute atomic E-state index is 0.682. The Kier molecular flexibility index (Phi) is 7.04. The van der Waals surface area contributed by atoms with E-state index in [0.29, 0.717) is 6.67 Å². The van der Waals surface area contributed by atoms with Gasteiger partial charge >= 0.3 is 0 Å². The van der Waals surface area contributed by atoms with Gasteiger partial charge < -0.3 is 19.1 Å². The van der Waals surface area contributed by atoms with Crippen molar-refractivity contribution in [3.63, 3.8) is 0 Å². The van der Waals surface area contributed by atoms with Gasteiger partial charge in [0.1, 0.15) is 24.0 Å². The Morgan fingerprint density at radius 1 is 0.455 bits per heavy atom. The Morgan fingerprint density at radius 3 is 1.96 bits per heavy atom. The molecular formula is C49H35N5O. The Labute approximate surface area is 318 Å². The molecule has 0 spiro atoms. The van der Waals surface area contributed by atoms with Crippen molar-refractivity contribution in [2.24, 2.45) is 7.05 Å². The van der Waals surface area contributed by atoms with Crippen LogP contribution in [0, 0.1) is 0 Å². The van der Waals surface area contributed by atoms with E-state index in [-0.39, 0.29) is 0 Å². The number of rotatable bonds is 6. The zero-order valence-corrected chi connectivity index (χ0v) is 30.2. The molecule has 0 saturated heterocycles. The van der Waals surface area contributed by atoms with Crippen LogP contribution < -0.4 is 14.5 Å². The summed E-state index contributed by atoms with van der Waals surface area (Å²) >= 11 is 0. The minimum Gasteiger partial charge on any atom is -0.457 e. The van der Waals surface area contributed by atoms with Crippen LogP contribution in [-0.4, -0.2) is 20.8 Å². The largest absolute Gasteiger partial charge is 0.457 e. The number of para-hydroxylation sites is 3. The van der Waals surface area contributed by atoms with E-state index in [1.54, 1.807) is 0 Å². The van der Waals surface area contributed by atoms with Crippen molar-refractivity contribution in [3.8, 4) is 28.4 Å². The van der Waals surface area contributed by atoms with Crippen LogP contribution in [0.1, 0.15) is 0 Å². The summed E-state index contributed by atoms with van der Waals surface area (Å²) in [6.45, 7) is 0.682. The molecule has 0 atom stereocenters. The molecule has 7 aromatic carbocycles. The molecule has 1 aliphatic heterocycles. The van der Waals surface area contributed by atoms with E-state index >= 15 is 0 Å². The zero-order valence-electron chi connectivity index (χ0n) is 30.2. The lowest BCUT2D eigenvalue weighted by atomic mass is 10.0. The lowest BCUT2D eigenvalue weighted by Crippen LogP contribution is -2.23. The van der Waals surface area contributed by atoms with Gasteiger partial charge in [0.05, 0.1) is 27.9 Å². The minimum atomic E-state index is 0.682. The summed E-state index contributed by atoms with van der Waals surface area (Å²) in [7, 11) is 2.13. The molecular weight excluding hydrogens is 675 g/mol. The number of anilines is 4. The number of aromatic nitrogens is 3. The van der Waals surface area contributed by atoms with Crippen LogP contribution in [-0.2, 0) is 7.05 Å². The van der Waals surface area contributed by atoms with Crippen molar-refractivity contribution < 1.29 is 4.74 Å². The Morgan fingerprint density at radius 2 is 1.13 bits per heavy atom. The molecule has 262 valence electrons.